The first-order valence-electron chi connectivity index (χ1n) is 12.8. The van der Waals surface area contributed by atoms with E-state index >= 15 is 0 Å². The van der Waals surface area contributed by atoms with Crippen molar-refractivity contribution in [3.8, 4) is 11.1 Å². The van der Waals surface area contributed by atoms with Crippen LogP contribution in [0.3, 0.4) is 0 Å². The fraction of sp³-hybridized carbons (Fsp3) is 0.367. The Bertz CT molecular complexity index is 1360. The molecule has 1 aliphatic carbocycles. The van der Waals surface area contributed by atoms with Crippen molar-refractivity contribution >= 4 is 16.0 Å². The Balaban J connectivity index is 1.33. The van der Waals surface area contributed by atoms with Crippen LogP contribution >= 0.6 is 0 Å². The van der Waals surface area contributed by atoms with E-state index in [-0.39, 0.29) is 29.1 Å². The van der Waals surface area contributed by atoms with E-state index in [1.807, 2.05) is 0 Å². The number of nitrogens with zero attached hydrogens (tertiary/aromatic N) is 1. The molecule has 0 amide bonds. The van der Waals surface area contributed by atoms with Gasteiger partial charge in [-0.25, -0.2) is 13.2 Å². The van der Waals surface area contributed by atoms with Crippen molar-refractivity contribution in [1.29, 1.82) is 0 Å². The predicted octanol–water partition coefficient (Wildman–Crippen LogP) is 4.21. The lowest BCUT2D eigenvalue weighted by Crippen LogP contribution is -2.47. The maximum Gasteiger partial charge on any atom is 0.335 e. The molecule has 1 aliphatic rings. The van der Waals surface area contributed by atoms with Crippen molar-refractivity contribution in [2.45, 2.75) is 49.6 Å². The quantitative estimate of drug-likeness (QED) is 0.339. The molecule has 3 N–H and O–H groups in total. The maximum absolute atomic E-state index is 13.3. The summed E-state index contributed by atoms with van der Waals surface area (Å²) in [5.41, 5.74) is 4.18. The molecule has 0 unspecified atom stereocenters. The van der Waals surface area contributed by atoms with Gasteiger partial charge in [-0.05, 0) is 85.5 Å². The van der Waals surface area contributed by atoms with Crippen LogP contribution in [0, 0.1) is 5.92 Å². The third kappa shape index (κ3) is 6.69. The van der Waals surface area contributed by atoms with E-state index in [1.54, 1.807) is 30.3 Å². The van der Waals surface area contributed by atoms with E-state index in [1.165, 1.54) is 40.7 Å². The largest absolute Gasteiger partial charge is 0.478 e. The summed E-state index contributed by atoms with van der Waals surface area (Å²) in [4.78, 5) is 11.2. The van der Waals surface area contributed by atoms with Gasteiger partial charge in [-0.3, -0.25) is 0 Å². The number of carboxylic acid groups (broad SMARTS) is 1. The van der Waals surface area contributed by atoms with Crippen LogP contribution in [-0.4, -0.2) is 60.7 Å². The SMILES string of the molecule is CN(C[C@H](O)CNC(C)(C)CC1Cc2ccccc2C1)S(=O)(=O)c1cccc(-c2ccc(C(=O)O)cc2)c1. The highest BCUT2D eigenvalue weighted by Gasteiger charge is 2.29. The lowest BCUT2D eigenvalue weighted by atomic mass is 9.88. The number of aliphatic hydroxyl groups is 1. The van der Waals surface area contributed by atoms with E-state index in [0.29, 0.717) is 17.0 Å². The molecule has 0 aliphatic heterocycles. The Morgan fingerprint density at radius 2 is 1.63 bits per heavy atom. The van der Waals surface area contributed by atoms with E-state index in [0.717, 1.165) is 19.3 Å². The molecule has 4 rings (SSSR count). The lowest BCUT2D eigenvalue weighted by molar-refractivity contribution is 0.0697. The molecule has 0 spiro atoms. The summed E-state index contributed by atoms with van der Waals surface area (Å²) < 4.78 is 27.7. The highest BCUT2D eigenvalue weighted by atomic mass is 32.2. The third-order valence-corrected chi connectivity index (χ3v) is 9.05. The number of rotatable bonds is 11. The average Bonchev–Trinajstić information content (AvgIpc) is 3.29. The molecule has 1 atom stereocenters. The molecule has 202 valence electrons. The first-order valence-corrected chi connectivity index (χ1v) is 14.3. The average molecular weight is 537 g/mol. The summed E-state index contributed by atoms with van der Waals surface area (Å²) in [7, 11) is -2.37. The topological polar surface area (TPSA) is 107 Å². The fourth-order valence-electron chi connectivity index (χ4n) is 5.26. The van der Waals surface area contributed by atoms with E-state index in [9.17, 15) is 18.3 Å². The number of sulfonamides is 1. The lowest BCUT2D eigenvalue weighted by Gasteiger charge is -2.31. The van der Waals surface area contributed by atoms with Crippen molar-refractivity contribution in [2.75, 3.05) is 20.1 Å². The van der Waals surface area contributed by atoms with E-state index in [4.69, 9.17) is 5.11 Å². The van der Waals surface area contributed by atoms with Crippen LogP contribution in [0.4, 0.5) is 0 Å². The molecule has 0 saturated heterocycles. The predicted molar refractivity (Wildman–Crippen MR) is 149 cm³/mol. The summed E-state index contributed by atoms with van der Waals surface area (Å²) in [6.07, 6.45) is 2.21. The second-order valence-electron chi connectivity index (χ2n) is 10.9. The first kappa shape index (κ1) is 28.0. The van der Waals surface area contributed by atoms with Crippen LogP contribution in [0.5, 0.6) is 0 Å². The van der Waals surface area contributed by atoms with E-state index < -0.39 is 22.1 Å². The zero-order chi connectivity index (χ0) is 27.5. The smallest absolute Gasteiger partial charge is 0.335 e. The van der Waals surface area contributed by atoms with Gasteiger partial charge in [0.1, 0.15) is 0 Å². The minimum Gasteiger partial charge on any atom is -0.478 e. The molecular weight excluding hydrogens is 500 g/mol. The third-order valence-electron chi connectivity index (χ3n) is 7.23. The number of likely N-dealkylation sites (N-methyl/N-ethyl adjacent to an activating group) is 1. The molecule has 0 saturated carbocycles. The first-order chi connectivity index (χ1) is 17.9. The van der Waals surface area contributed by atoms with Gasteiger partial charge in [-0.2, -0.15) is 4.31 Å². The Morgan fingerprint density at radius 3 is 2.24 bits per heavy atom. The molecule has 38 heavy (non-hydrogen) atoms. The number of carbonyl (C=O) groups is 1. The standard InChI is InChI=1S/C30H36N2O5S/c1-30(2,18-21-15-24-7-4-5-8-25(24)16-21)31-19-27(33)20-32(3)38(36,37)28-10-6-9-26(17-28)22-11-13-23(14-12-22)29(34)35/h4-14,17,21,27,31,33H,15-16,18-20H2,1-3H3,(H,34,35)/t27-/m1/s1. The maximum atomic E-state index is 13.3. The number of aromatic carboxylic acids is 1. The highest BCUT2D eigenvalue weighted by Crippen LogP contribution is 2.32. The van der Waals surface area contributed by atoms with Crippen LogP contribution in [0.25, 0.3) is 11.1 Å². The van der Waals surface area contributed by atoms with Gasteiger partial charge in [-0.15, -0.1) is 0 Å². The number of aliphatic hydroxyl groups excluding tert-OH is 1. The molecule has 0 heterocycles. The fourth-order valence-corrected chi connectivity index (χ4v) is 6.52. The van der Waals surface area contributed by atoms with Crippen LogP contribution in [0.15, 0.2) is 77.7 Å². The number of hydrogen-bond acceptors (Lipinski definition) is 5. The zero-order valence-corrected chi connectivity index (χ0v) is 22.9. The Kier molecular flexibility index (Phi) is 8.37. The molecule has 3 aromatic rings. The molecule has 0 radical (unpaired) electrons. The second-order valence-corrected chi connectivity index (χ2v) is 12.9. The van der Waals surface area contributed by atoms with Gasteiger partial charge in [0, 0.05) is 25.7 Å². The van der Waals surface area contributed by atoms with Gasteiger partial charge >= 0.3 is 5.97 Å². The Labute approximate surface area is 225 Å². The number of carboxylic acids is 1. The normalized spacial score (nSPS) is 15.0. The summed E-state index contributed by atoms with van der Waals surface area (Å²) in [6.45, 7) is 4.48. The summed E-state index contributed by atoms with van der Waals surface area (Å²) in [6, 6.07) is 21.4. The zero-order valence-electron chi connectivity index (χ0n) is 22.1. The molecule has 0 fully saturated rings. The number of benzene rings is 3. The summed E-state index contributed by atoms with van der Waals surface area (Å²) >= 11 is 0. The molecule has 8 heteroatoms. The highest BCUT2D eigenvalue weighted by molar-refractivity contribution is 7.89. The monoisotopic (exact) mass is 536 g/mol. The summed E-state index contributed by atoms with van der Waals surface area (Å²) in [5, 5.41) is 23.2. The van der Waals surface area contributed by atoms with Gasteiger partial charge < -0.3 is 15.5 Å². The van der Waals surface area contributed by atoms with Gasteiger partial charge in [0.05, 0.1) is 16.6 Å². The van der Waals surface area contributed by atoms with Gasteiger partial charge in [0.15, 0.2) is 0 Å². The van der Waals surface area contributed by atoms with Crippen molar-refractivity contribution < 1.29 is 23.4 Å². The molecule has 7 nitrogen and oxygen atoms in total. The van der Waals surface area contributed by atoms with Crippen molar-refractivity contribution in [1.82, 2.24) is 9.62 Å². The molecule has 0 aromatic heterocycles. The van der Waals surface area contributed by atoms with Gasteiger partial charge in [-0.1, -0.05) is 48.5 Å². The van der Waals surface area contributed by atoms with Gasteiger partial charge in [0.2, 0.25) is 10.0 Å². The van der Waals surface area contributed by atoms with Crippen LogP contribution in [-0.2, 0) is 22.9 Å². The minimum absolute atomic E-state index is 0.0438. The van der Waals surface area contributed by atoms with E-state index in [2.05, 4.69) is 43.4 Å². The van der Waals surface area contributed by atoms with Gasteiger partial charge in [0.25, 0.3) is 0 Å². The van der Waals surface area contributed by atoms with Crippen LogP contribution < -0.4 is 5.32 Å². The van der Waals surface area contributed by atoms with Crippen molar-refractivity contribution in [3.63, 3.8) is 0 Å². The number of fused-ring (bicyclic) bond motifs is 1. The second kappa shape index (κ2) is 11.4. The molecular formula is C30H36N2O5S. The summed E-state index contributed by atoms with van der Waals surface area (Å²) in [5.74, 6) is -0.474. The Hall–Kier alpha value is -3.04. The minimum atomic E-state index is -3.84. The number of nitrogens with one attached hydrogen (secondary N) is 1. The van der Waals surface area contributed by atoms with Crippen molar-refractivity contribution in [3.05, 3.63) is 89.5 Å². The molecule has 3 aromatic carbocycles. The van der Waals surface area contributed by atoms with Crippen LogP contribution in [0.2, 0.25) is 0 Å². The molecule has 0 bridgehead atoms. The van der Waals surface area contributed by atoms with Crippen molar-refractivity contribution in [2.24, 2.45) is 5.92 Å². The number of β-amino-alcohol motifs (C(OH)–C–C–N with tert-alkyl or cyclic N) is 1. The van der Waals surface area contributed by atoms with Crippen LogP contribution in [0.1, 0.15) is 41.8 Å². The Morgan fingerprint density at radius 1 is 1.00 bits per heavy atom. The number of hydrogen-bond donors (Lipinski definition) is 3.